The molecule has 0 N–H and O–H groups in total. The van der Waals surface area contributed by atoms with Crippen LogP contribution in [0.1, 0.15) is 25.3 Å². The molecule has 80 valence electrons. The summed E-state index contributed by atoms with van der Waals surface area (Å²) in [6.45, 7) is 3.71. The van der Waals surface area contributed by atoms with Crippen LogP contribution in [-0.2, 0) is 11.3 Å². The maximum atomic E-state index is 11.9. The Morgan fingerprint density at radius 1 is 1.33 bits per heavy atom. The third kappa shape index (κ3) is 2.38. The van der Waals surface area contributed by atoms with Crippen molar-refractivity contribution < 1.29 is 4.79 Å². The summed E-state index contributed by atoms with van der Waals surface area (Å²) >= 11 is 0. The number of hydrogen-bond acceptors (Lipinski definition) is 1. The molecule has 2 nitrogen and oxygen atoms in total. The molecule has 1 fully saturated rings. The third-order valence-electron chi connectivity index (χ3n) is 3.01. The first kappa shape index (κ1) is 10.2. The molecular formula is C13H17NO. The largest absolute Gasteiger partial charge is 0.338 e. The molecule has 1 aliphatic rings. The number of nitrogens with zero attached hydrogens (tertiary/aromatic N) is 1. The molecule has 1 unspecified atom stereocenters. The highest BCUT2D eigenvalue weighted by molar-refractivity contribution is 5.79. The molecule has 1 aromatic rings. The van der Waals surface area contributed by atoms with E-state index in [1.54, 1.807) is 0 Å². The van der Waals surface area contributed by atoms with Crippen molar-refractivity contribution in [3.05, 3.63) is 35.9 Å². The Hall–Kier alpha value is -1.31. The molecule has 0 radical (unpaired) electrons. The lowest BCUT2D eigenvalue weighted by molar-refractivity contribution is -0.138. The summed E-state index contributed by atoms with van der Waals surface area (Å²) in [5.74, 6) is 0.521. The molecular weight excluding hydrogens is 186 g/mol. The number of benzene rings is 1. The minimum absolute atomic E-state index is 0.211. The van der Waals surface area contributed by atoms with Gasteiger partial charge in [-0.05, 0) is 18.4 Å². The van der Waals surface area contributed by atoms with E-state index in [0.717, 1.165) is 25.9 Å². The summed E-state index contributed by atoms with van der Waals surface area (Å²) in [7, 11) is 0. The van der Waals surface area contributed by atoms with Crippen molar-refractivity contribution in [2.45, 2.75) is 26.3 Å². The van der Waals surface area contributed by atoms with E-state index in [-0.39, 0.29) is 5.92 Å². The molecule has 1 aromatic carbocycles. The van der Waals surface area contributed by atoms with Gasteiger partial charge in [0.05, 0.1) is 0 Å². The van der Waals surface area contributed by atoms with Crippen LogP contribution in [0.2, 0.25) is 0 Å². The Bertz CT molecular complexity index is 334. The van der Waals surface area contributed by atoms with Crippen molar-refractivity contribution in [3.63, 3.8) is 0 Å². The number of rotatable bonds is 2. The van der Waals surface area contributed by atoms with E-state index in [1.807, 2.05) is 30.0 Å². The monoisotopic (exact) mass is 203 g/mol. The Labute approximate surface area is 90.9 Å². The van der Waals surface area contributed by atoms with Gasteiger partial charge in [0.1, 0.15) is 0 Å². The van der Waals surface area contributed by atoms with Gasteiger partial charge in [0.25, 0.3) is 0 Å². The Balaban J connectivity index is 2.03. The highest BCUT2D eigenvalue weighted by Gasteiger charge is 2.24. The zero-order valence-corrected chi connectivity index (χ0v) is 9.15. The van der Waals surface area contributed by atoms with Gasteiger partial charge in [-0.15, -0.1) is 0 Å². The molecule has 1 amide bonds. The Morgan fingerprint density at radius 3 is 2.80 bits per heavy atom. The van der Waals surface area contributed by atoms with Crippen LogP contribution in [0.5, 0.6) is 0 Å². The van der Waals surface area contributed by atoms with E-state index in [0.29, 0.717) is 5.91 Å². The van der Waals surface area contributed by atoms with Crippen LogP contribution in [0.3, 0.4) is 0 Å². The summed E-state index contributed by atoms with van der Waals surface area (Å²) in [5.41, 5.74) is 1.22. The second kappa shape index (κ2) is 4.47. The van der Waals surface area contributed by atoms with Gasteiger partial charge in [0.2, 0.25) is 5.91 Å². The van der Waals surface area contributed by atoms with Crippen LogP contribution in [0.25, 0.3) is 0 Å². The molecule has 0 spiro atoms. The second-order valence-corrected chi connectivity index (χ2v) is 4.29. The molecule has 15 heavy (non-hydrogen) atoms. The maximum absolute atomic E-state index is 11.9. The van der Waals surface area contributed by atoms with Crippen molar-refractivity contribution >= 4 is 5.91 Å². The third-order valence-corrected chi connectivity index (χ3v) is 3.01. The Kier molecular flexibility index (Phi) is 3.05. The standard InChI is InChI=1S/C13H17NO/c1-11-6-5-9-14(13(11)15)10-12-7-3-2-4-8-12/h2-4,7-8,11H,5-6,9-10H2,1H3. The number of carbonyl (C=O) groups excluding carboxylic acids is 1. The summed E-state index contributed by atoms with van der Waals surface area (Å²) in [5, 5.41) is 0. The van der Waals surface area contributed by atoms with Gasteiger partial charge < -0.3 is 4.90 Å². The van der Waals surface area contributed by atoms with Gasteiger partial charge in [-0.2, -0.15) is 0 Å². The van der Waals surface area contributed by atoms with Crippen molar-refractivity contribution in [1.82, 2.24) is 4.90 Å². The van der Waals surface area contributed by atoms with E-state index in [9.17, 15) is 4.79 Å². The fourth-order valence-electron chi connectivity index (χ4n) is 2.09. The summed E-state index contributed by atoms with van der Waals surface area (Å²) in [6, 6.07) is 10.2. The first-order valence-corrected chi connectivity index (χ1v) is 5.60. The predicted octanol–water partition coefficient (Wildman–Crippen LogP) is 2.45. The van der Waals surface area contributed by atoms with Crippen LogP contribution in [0, 0.1) is 5.92 Å². The smallest absolute Gasteiger partial charge is 0.225 e. The molecule has 0 aliphatic carbocycles. The zero-order valence-electron chi connectivity index (χ0n) is 9.15. The summed E-state index contributed by atoms with van der Waals surface area (Å²) < 4.78 is 0. The first-order chi connectivity index (χ1) is 7.27. The number of piperidine rings is 1. The second-order valence-electron chi connectivity index (χ2n) is 4.29. The van der Waals surface area contributed by atoms with Crippen molar-refractivity contribution in [2.24, 2.45) is 5.92 Å². The van der Waals surface area contributed by atoms with E-state index in [2.05, 4.69) is 12.1 Å². The van der Waals surface area contributed by atoms with E-state index < -0.39 is 0 Å². The molecule has 0 aromatic heterocycles. The van der Waals surface area contributed by atoms with Crippen molar-refractivity contribution in [3.8, 4) is 0 Å². The van der Waals surface area contributed by atoms with Gasteiger partial charge in [0.15, 0.2) is 0 Å². The SMILES string of the molecule is CC1CCCN(Cc2ccccc2)C1=O. The lowest BCUT2D eigenvalue weighted by Crippen LogP contribution is -2.39. The quantitative estimate of drug-likeness (QED) is 0.723. The fraction of sp³-hybridized carbons (Fsp3) is 0.462. The molecule has 0 saturated carbocycles. The molecule has 0 bridgehead atoms. The highest BCUT2D eigenvalue weighted by Crippen LogP contribution is 2.19. The molecule has 1 saturated heterocycles. The fourth-order valence-corrected chi connectivity index (χ4v) is 2.09. The topological polar surface area (TPSA) is 20.3 Å². The number of likely N-dealkylation sites (tertiary alicyclic amines) is 1. The number of amides is 1. The first-order valence-electron chi connectivity index (χ1n) is 5.60. The normalized spacial score (nSPS) is 21.8. The average Bonchev–Trinajstić information content (AvgIpc) is 2.26. The minimum Gasteiger partial charge on any atom is -0.338 e. The van der Waals surface area contributed by atoms with Crippen molar-refractivity contribution in [1.29, 1.82) is 0 Å². The van der Waals surface area contributed by atoms with Crippen LogP contribution >= 0.6 is 0 Å². The van der Waals surface area contributed by atoms with Crippen LogP contribution < -0.4 is 0 Å². The van der Waals surface area contributed by atoms with Crippen molar-refractivity contribution in [2.75, 3.05) is 6.54 Å². The van der Waals surface area contributed by atoms with Gasteiger partial charge in [-0.3, -0.25) is 4.79 Å². The Morgan fingerprint density at radius 2 is 2.07 bits per heavy atom. The summed E-state index contributed by atoms with van der Waals surface area (Å²) in [4.78, 5) is 13.8. The molecule has 1 heterocycles. The zero-order chi connectivity index (χ0) is 10.7. The van der Waals surface area contributed by atoms with Gasteiger partial charge >= 0.3 is 0 Å². The van der Waals surface area contributed by atoms with Crippen LogP contribution in [0.15, 0.2) is 30.3 Å². The van der Waals surface area contributed by atoms with Crippen LogP contribution in [0.4, 0.5) is 0 Å². The predicted molar refractivity (Wildman–Crippen MR) is 60.3 cm³/mol. The van der Waals surface area contributed by atoms with E-state index in [4.69, 9.17) is 0 Å². The van der Waals surface area contributed by atoms with Gasteiger partial charge in [0, 0.05) is 19.0 Å². The molecule has 2 heteroatoms. The molecule has 1 aliphatic heterocycles. The maximum Gasteiger partial charge on any atom is 0.225 e. The van der Waals surface area contributed by atoms with Gasteiger partial charge in [-0.25, -0.2) is 0 Å². The van der Waals surface area contributed by atoms with E-state index in [1.165, 1.54) is 5.56 Å². The number of hydrogen-bond donors (Lipinski definition) is 0. The van der Waals surface area contributed by atoms with Gasteiger partial charge in [-0.1, -0.05) is 37.3 Å². The lowest BCUT2D eigenvalue weighted by Gasteiger charge is -2.30. The van der Waals surface area contributed by atoms with Crippen LogP contribution in [-0.4, -0.2) is 17.4 Å². The summed E-state index contributed by atoms with van der Waals surface area (Å²) in [6.07, 6.45) is 2.18. The molecule has 1 atom stereocenters. The minimum atomic E-state index is 0.211. The lowest BCUT2D eigenvalue weighted by atomic mass is 9.99. The average molecular weight is 203 g/mol. The molecule has 2 rings (SSSR count). The number of carbonyl (C=O) groups is 1. The van der Waals surface area contributed by atoms with E-state index >= 15 is 0 Å². The highest BCUT2D eigenvalue weighted by atomic mass is 16.2.